The zero-order valence-electron chi connectivity index (χ0n) is 57.5. The second kappa shape index (κ2) is 30.6. The van der Waals surface area contributed by atoms with Gasteiger partial charge in [-0.05, 0) is 146 Å². The number of ether oxygens (including phenoxy) is 13. The van der Waals surface area contributed by atoms with E-state index in [9.17, 15) is 28.8 Å². The van der Waals surface area contributed by atoms with Crippen molar-refractivity contribution in [2.45, 2.75) is 205 Å². The van der Waals surface area contributed by atoms with Gasteiger partial charge in [-0.2, -0.15) is 0 Å². The van der Waals surface area contributed by atoms with Crippen LogP contribution in [0.1, 0.15) is 154 Å². The second-order valence-electron chi connectivity index (χ2n) is 29.5. The van der Waals surface area contributed by atoms with Crippen LogP contribution in [-0.4, -0.2) is 135 Å². The molecular formula is C80H94O19. The van der Waals surface area contributed by atoms with Gasteiger partial charge in [-0.1, -0.05) is 143 Å². The van der Waals surface area contributed by atoms with Crippen LogP contribution >= 0.6 is 0 Å². The predicted molar refractivity (Wildman–Crippen MR) is 359 cm³/mol. The molecule has 1 spiro atoms. The van der Waals surface area contributed by atoms with Gasteiger partial charge in [0.05, 0.1) is 68.4 Å². The number of fused-ring (bicyclic) bond motifs is 7. The zero-order chi connectivity index (χ0) is 69.0. The fourth-order valence-corrected chi connectivity index (χ4v) is 18.3. The Morgan fingerprint density at radius 2 is 1.11 bits per heavy atom. The summed E-state index contributed by atoms with van der Waals surface area (Å²) in [4.78, 5) is 83.7. The first-order valence-electron chi connectivity index (χ1n) is 35.7. The lowest BCUT2D eigenvalue weighted by Crippen LogP contribution is -2.66. The standard InChI is InChI=1S/C80H94O19/c1-48-34-39-80(90-43-48)50(3)67-63(99-80)42-60-58-41-62(91-51(4)82)61-40-57(35-37-78(61,5)59(58)36-38-79(60,67)6)92-77-72(70(88-45-53-24-14-8-15-25-53)68(95-66(83)33-32-49(2)81)64(94-77)46-87-44-52-22-12-7-13-23-52)98-76-71(97-75(86)56-30-20-11-21-31-56)69(96-74(85)55-28-18-10-19-29-55)65(47-89-76)93-73(84)54-26-16-9-17-27-54/h7-31,48,50,57-65,67-72,76-77H,32-47H2,1-6H3/t48?,50-,57-,58+,59-,60-,61?,62-,63-,64+,65-,67-,68+,69+,70-,71-,72+,76+,77+,78+,79-,80+/m0/s1. The number of esters is 5. The average molecular weight is 1360 g/mol. The lowest BCUT2D eigenvalue weighted by atomic mass is 9.43. The SMILES string of the molecule is CC(=O)CCC(=O)O[C@H]1[C@H](OCc2ccccc2)[C@@H](O[C@H]2OC[C@H](OC(=O)c3ccccc3)[C@@H](OC(=O)c3ccccc3)[C@@H]2OC(=O)c2ccccc2)[C@H](O[C@H]2CC[C@@]3(C)C(C2)[C@@H](OC(C)=O)C[C@H]2[C@@H]4C[C@@H]5O[C@]6(CCC(C)CO6)[C@@H](C)[C@@H]5[C@@]4(C)CC[C@@H]23)O[C@@H]1COCc1ccccc1. The van der Waals surface area contributed by atoms with Gasteiger partial charge in [0.1, 0.15) is 30.2 Å². The van der Waals surface area contributed by atoms with Gasteiger partial charge in [-0.15, -0.1) is 0 Å². The van der Waals surface area contributed by atoms with Crippen molar-refractivity contribution in [3.8, 4) is 0 Å². The van der Waals surface area contributed by atoms with Crippen molar-refractivity contribution in [2.75, 3.05) is 19.8 Å². The van der Waals surface area contributed by atoms with Crippen molar-refractivity contribution >= 4 is 35.6 Å². The van der Waals surface area contributed by atoms with Crippen LogP contribution < -0.4 is 0 Å². The summed E-state index contributed by atoms with van der Waals surface area (Å²) in [6.07, 6.45) is -6.85. The quantitative estimate of drug-likeness (QED) is 0.0357. The molecule has 0 radical (unpaired) electrons. The Bertz CT molecular complexity index is 3570. The van der Waals surface area contributed by atoms with Crippen molar-refractivity contribution < 1.29 is 90.3 Å². The summed E-state index contributed by atoms with van der Waals surface area (Å²) in [6.45, 7) is 12.6. The highest BCUT2D eigenvalue weighted by atomic mass is 16.8. The number of carbonyl (C=O) groups is 6. The average Bonchev–Trinajstić information content (AvgIpc) is 1.57. The van der Waals surface area contributed by atoms with E-state index >= 15 is 0 Å². The van der Waals surface area contributed by atoms with Crippen LogP contribution in [-0.2, 0) is 89.2 Å². The Hall–Kier alpha value is -7.20. The van der Waals surface area contributed by atoms with Crippen LogP contribution in [0.4, 0.5) is 0 Å². The monoisotopic (exact) mass is 1360 g/mol. The van der Waals surface area contributed by atoms with Crippen LogP contribution in [0.3, 0.4) is 0 Å². The molecular weight excluding hydrogens is 1260 g/mol. The van der Waals surface area contributed by atoms with Gasteiger partial charge in [-0.3, -0.25) is 9.59 Å². The van der Waals surface area contributed by atoms with Gasteiger partial charge < -0.3 is 66.4 Å². The first kappa shape index (κ1) is 70.2. The molecule has 0 bridgehead atoms. The molecule has 19 nitrogen and oxygen atoms in total. The van der Waals surface area contributed by atoms with Gasteiger partial charge in [0, 0.05) is 31.6 Å². The summed E-state index contributed by atoms with van der Waals surface area (Å²) < 4.78 is 88.3. The van der Waals surface area contributed by atoms with E-state index in [0.717, 1.165) is 49.7 Å². The molecule has 99 heavy (non-hydrogen) atoms. The zero-order valence-corrected chi connectivity index (χ0v) is 57.5. The Kier molecular flexibility index (Phi) is 21.7. The maximum Gasteiger partial charge on any atom is 0.338 e. The molecule has 5 aromatic rings. The molecule has 19 heteroatoms. The van der Waals surface area contributed by atoms with Crippen LogP contribution in [0, 0.1) is 52.3 Å². The second-order valence-corrected chi connectivity index (χ2v) is 29.5. The summed E-state index contributed by atoms with van der Waals surface area (Å²) >= 11 is 0. The normalized spacial score (nSPS) is 36.0. The number of ketones is 1. The van der Waals surface area contributed by atoms with Crippen LogP contribution in [0.5, 0.6) is 0 Å². The smallest absolute Gasteiger partial charge is 0.338 e. The van der Waals surface area contributed by atoms with Crippen molar-refractivity contribution in [1.29, 1.82) is 0 Å². The van der Waals surface area contributed by atoms with Crippen LogP contribution in [0.15, 0.2) is 152 Å². The minimum absolute atomic E-state index is 0.0108. The molecule has 0 N–H and O–H groups in total. The minimum Gasteiger partial charge on any atom is -0.462 e. The Morgan fingerprint density at radius 1 is 0.515 bits per heavy atom. The molecule has 4 saturated carbocycles. The molecule has 22 atom stereocenters. The van der Waals surface area contributed by atoms with E-state index in [1.54, 1.807) is 91.0 Å². The summed E-state index contributed by atoms with van der Waals surface area (Å²) in [5.74, 6) is -2.39. The molecule has 0 aromatic heterocycles. The van der Waals surface area contributed by atoms with Crippen LogP contribution in [0.25, 0.3) is 0 Å². The van der Waals surface area contributed by atoms with Crippen LogP contribution in [0.2, 0.25) is 0 Å². The molecule has 528 valence electrons. The highest BCUT2D eigenvalue weighted by Crippen LogP contribution is 2.72. The van der Waals surface area contributed by atoms with Gasteiger partial charge in [0.15, 0.2) is 42.8 Å². The van der Waals surface area contributed by atoms with Crippen molar-refractivity contribution in [2.24, 2.45) is 52.3 Å². The molecule has 4 aliphatic carbocycles. The molecule has 0 amide bonds. The Labute approximate surface area is 579 Å². The highest BCUT2D eigenvalue weighted by Gasteiger charge is 2.70. The third-order valence-corrected chi connectivity index (χ3v) is 23.2. The Morgan fingerprint density at radius 3 is 1.72 bits per heavy atom. The highest BCUT2D eigenvalue weighted by molar-refractivity contribution is 5.91. The summed E-state index contributed by atoms with van der Waals surface area (Å²) in [7, 11) is 0. The molecule has 4 aliphatic heterocycles. The molecule has 5 aromatic carbocycles. The molecule has 8 fully saturated rings. The van der Waals surface area contributed by atoms with E-state index in [2.05, 4.69) is 27.7 Å². The third-order valence-electron chi connectivity index (χ3n) is 23.2. The Balaban J connectivity index is 0.866. The maximum atomic E-state index is 14.7. The van der Waals surface area contributed by atoms with E-state index in [4.69, 9.17) is 61.6 Å². The molecule has 4 heterocycles. The molecule has 13 rings (SSSR count). The van der Waals surface area contributed by atoms with E-state index in [1.807, 2.05) is 60.7 Å². The predicted octanol–water partition coefficient (Wildman–Crippen LogP) is 12.6. The molecule has 2 unspecified atom stereocenters. The first-order chi connectivity index (χ1) is 47.9. The number of benzene rings is 5. The van der Waals surface area contributed by atoms with Gasteiger partial charge in [0.25, 0.3) is 0 Å². The largest absolute Gasteiger partial charge is 0.462 e. The lowest BCUT2D eigenvalue weighted by molar-refractivity contribution is -0.369. The van der Waals surface area contributed by atoms with Crippen molar-refractivity contribution in [3.63, 3.8) is 0 Å². The third kappa shape index (κ3) is 15.2. The topological polar surface area (TPSA) is 222 Å². The summed E-state index contributed by atoms with van der Waals surface area (Å²) in [6, 6.07) is 43.7. The van der Waals surface area contributed by atoms with Crippen molar-refractivity contribution in [3.05, 3.63) is 179 Å². The summed E-state index contributed by atoms with van der Waals surface area (Å²) in [5, 5.41) is 0. The maximum absolute atomic E-state index is 14.7. The fourth-order valence-electron chi connectivity index (χ4n) is 18.3. The van der Waals surface area contributed by atoms with Gasteiger partial charge in [0.2, 0.25) is 0 Å². The summed E-state index contributed by atoms with van der Waals surface area (Å²) in [5.41, 5.74) is 1.84. The van der Waals surface area contributed by atoms with E-state index < -0.39 is 104 Å². The van der Waals surface area contributed by atoms with Gasteiger partial charge >= 0.3 is 29.8 Å². The molecule has 8 aliphatic rings. The number of hydrogen-bond donors (Lipinski definition) is 0. The molecule has 4 saturated heterocycles. The number of carbonyl (C=O) groups excluding carboxylic acids is 6. The van der Waals surface area contributed by atoms with E-state index in [0.29, 0.717) is 49.5 Å². The fraction of sp³-hybridized carbons (Fsp3) is 0.550. The number of hydrogen-bond acceptors (Lipinski definition) is 19. The minimum atomic E-state index is -1.71. The number of rotatable bonds is 22. The van der Waals surface area contributed by atoms with E-state index in [-0.39, 0.29) is 95.8 Å². The van der Waals surface area contributed by atoms with E-state index in [1.165, 1.54) is 13.8 Å². The first-order valence-corrected chi connectivity index (χ1v) is 35.7. The van der Waals surface area contributed by atoms with Crippen molar-refractivity contribution in [1.82, 2.24) is 0 Å². The number of Topliss-reactive ketones (excluding diaryl/α,β-unsaturated/α-hetero) is 1. The van der Waals surface area contributed by atoms with Gasteiger partial charge in [-0.25, -0.2) is 14.4 Å². The lowest BCUT2D eigenvalue weighted by Gasteiger charge is -2.63.